The molecule has 0 aliphatic heterocycles. The predicted molar refractivity (Wildman–Crippen MR) is 151 cm³/mol. The predicted octanol–water partition coefficient (Wildman–Crippen LogP) is 6.83. The number of aromatic nitrogens is 3. The largest absolute Gasteiger partial charge is 0.333 e. The molecule has 2 heterocycles. The Labute approximate surface area is 217 Å². The quantitative estimate of drug-likeness (QED) is 0.288. The van der Waals surface area contributed by atoms with Gasteiger partial charge < -0.3 is 4.98 Å². The Kier molecular flexibility index (Phi) is 5.50. The monoisotopic (exact) mass is 503 g/mol. The molecule has 1 N–H and O–H groups in total. The van der Waals surface area contributed by atoms with Gasteiger partial charge in [-0.2, -0.15) is 0 Å². The smallest absolute Gasteiger partial charge is 0.306 e. The second-order valence-corrected chi connectivity index (χ2v) is 9.54. The van der Waals surface area contributed by atoms with Gasteiger partial charge in [0.2, 0.25) is 0 Å². The third kappa shape index (κ3) is 3.94. The summed E-state index contributed by atoms with van der Waals surface area (Å²) in [5.41, 5.74) is 5.55. The first-order valence-corrected chi connectivity index (χ1v) is 12.3. The second kappa shape index (κ2) is 8.87. The molecule has 5 nitrogen and oxygen atoms in total. The molecule has 0 saturated carbocycles. The molecule has 0 fully saturated rings. The first kappa shape index (κ1) is 23.0. The van der Waals surface area contributed by atoms with Crippen LogP contribution in [0.25, 0.3) is 49.6 Å². The van der Waals surface area contributed by atoms with Crippen molar-refractivity contribution < 1.29 is 0 Å². The summed E-state index contributed by atoms with van der Waals surface area (Å²) in [6.45, 7) is 3.92. The van der Waals surface area contributed by atoms with Crippen molar-refractivity contribution in [3.8, 4) is 27.9 Å². The van der Waals surface area contributed by atoms with Gasteiger partial charge >= 0.3 is 5.69 Å². The molecule has 6 aromatic rings. The molecular weight excluding hydrogens is 482 g/mol. The number of halogens is 1. The van der Waals surface area contributed by atoms with E-state index in [4.69, 9.17) is 11.6 Å². The average molecular weight is 504 g/mol. The molecule has 0 amide bonds. The lowest BCUT2D eigenvalue weighted by molar-refractivity contribution is 0.908. The summed E-state index contributed by atoms with van der Waals surface area (Å²) < 4.78 is 1.20. The molecule has 0 spiro atoms. The Morgan fingerprint density at radius 1 is 0.757 bits per heavy atom. The maximum absolute atomic E-state index is 13.6. The van der Waals surface area contributed by atoms with E-state index in [-0.39, 0.29) is 5.56 Å². The highest BCUT2D eigenvalue weighted by molar-refractivity contribution is 6.34. The summed E-state index contributed by atoms with van der Waals surface area (Å²) in [7, 11) is 0. The SMILES string of the molecule is Cc1cc(-c2cccc(Cl)c2-c2ccc3c(=O)n(-c4cccc5ccccc45)c(=O)[nH]c3c2)cc(C)n1. The van der Waals surface area contributed by atoms with E-state index >= 15 is 0 Å². The number of fused-ring (bicyclic) bond motifs is 2. The van der Waals surface area contributed by atoms with Crippen molar-refractivity contribution in [1.29, 1.82) is 0 Å². The highest BCUT2D eigenvalue weighted by atomic mass is 35.5. The van der Waals surface area contributed by atoms with Crippen LogP contribution in [0.15, 0.2) is 101 Å². The lowest BCUT2D eigenvalue weighted by atomic mass is 9.93. The van der Waals surface area contributed by atoms with Crippen LogP contribution < -0.4 is 11.2 Å². The van der Waals surface area contributed by atoms with Crippen molar-refractivity contribution in [2.24, 2.45) is 0 Å². The molecule has 0 bridgehead atoms. The summed E-state index contributed by atoms with van der Waals surface area (Å²) in [5.74, 6) is 0. The van der Waals surface area contributed by atoms with Crippen molar-refractivity contribution in [1.82, 2.24) is 14.5 Å². The van der Waals surface area contributed by atoms with Gasteiger partial charge in [-0.1, -0.05) is 66.2 Å². The number of pyridine rings is 1. The molecule has 0 atom stereocenters. The van der Waals surface area contributed by atoms with Crippen LogP contribution in [0.3, 0.4) is 0 Å². The highest BCUT2D eigenvalue weighted by Gasteiger charge is 2.16. The zero-order valence-electron chi connectivity index (χ0n) is 20.2. The highest BCUT2D eigenvalue weighted by Crippen LogP contribution is 2.38. The molecule has 0 radical (unpaired) electrons. The van der Waals surface area contributed by atoms with E-state index in [0.717, 1.165) is 44.4 Å². The van der Waals surface area contributed by atoms with Crippen molar-refractivity contribution in [3.63, 3.8) is 0 Å². The van der Waals surface area contributed by atoms with Crippen LogP contribution in [0.4, 0.5) is 0 Å². The molecule has 0 unspecified atom stereocenters. The van der Waals surface area contributed by atoms with Gasteiger partial charge in [0, 0.05) is 27.4 Å². The van der Waals surface area contributed by atoms with Gasteiger partial charge in [0.1, 0.15) is 0 Å². The van der Waals surface area contributed by atoms with Crippen molar-refractivity contribution >= 4 is 33.3 Å². The standard InChI is InChI=1S/C31H22ClN3O2/c1-18-15-22(16-19(2)33-18)24-10-6-11-26(32)29(24)21-13-14-25-27(17-21)34-31(37)35(30(25)36)28-12-5-8-20-7-3-4-9-23(20)28/h3-17H,1-2H3,(H,34,37). The number of hydrogen-bond donors (Lipinski definition) is 1. The zero-order valence-corrected chi connectivity index (χ0v) is 21.0. The third-order valence-electron chi connectivity index (χ3n) is 6.60. The maximum atomic E-state index is 13.6. The number of nitrogens with one attached hydrogen (secondary N) is 1. The average Bonchev–Trinajstić information content (AvgIpc) is 2.88. The molecule has 37 heavy (non-hydrogen) atoms. The Morgan fingerprint density at radius 2 is 1.49 bits per heavy atom. The molecule has 180 valence electrons. The summed E-state index contributed by atoms with van der Waals surface area (Å²) in [5, 5.41) is 2.78. The van der Waals surface area contributed by atoms with Gasteiger partial charge in [-0.15, -0.1) is 0 Å². The Morgan fingerprint density at radius 3 is 2.30 bits per heavy atom. The zero-order chi connectivity index (χ0) is 25.7. The van der Waals surface area contributed by atoms with Gasteiger partial charge in [0.15, 0.2) is 0 Å². The van der Waals surface area contributed by atoms with Gasteiger partial charge in [0.05, 0.1) is 16.6 Å². The van der Waals surface area contributed by atoms with Crippen molar-refractivity contribution in [3.05, 3.63) is 128 Å². The molecular formula is C31H22ClN3O2. The first-order chi connectivity index (χ1) is 17.9. The molecule has 4 aromatic carbocycles. The Bertz CT molecular complexity index is 1950. The maximum Gasteiger partial charge on any atom is 0.333 e. The molecule has 6 heteroatoms. The van der Waals surface area contributed by atoms with E-state index in [1.54, 1.807) is 12.1 Å². The van der Waals surface area contributed by atoms with Gasteiger partial charge in [-0.25, -0.2) is 9.36 Å². The van der Waals surface area contributed by atoms with Crippen LogP contribution in [-0.4, -0.2) is 14.5 Å². The normalized spacial score (nSPS) is 11.3. The van der Waals surface area contributed by atoms with Crippen LogP contribution in [0, 0.1) is 13.8 Å². The van der Waals surface area contributed by atoms with Crippen LogP contribution in [0.1, 0.15) is 11.4 Å². The van der Waals surface area contributed by atoms with Crippen molar-refractivity contribution in [2.75, 3.05) is 0 Å². The van der Waals surface area contributed by atoms with Gasteiger partial charge in [-0.3, -0.25) is 9.78 Å². The number of hydrogen-bond acceptors (Lipinski definition) is 3. The van der Waals surface area contributed by atoms with E-state index in [0.29, 0.717) is 21.6 Å². The van der Waals surface area contributed by atoms with Gasteiger partial charge in [0.25, 0.3) is 5.56 Å². The Hall–Kier alpha value is -4.48. The molecule has 0 aliphatic carbocycles. The lowest BCUT2D eigenvalue weighted by Gasteiger charge is -2.14. The minimum Gasteiger partial charge on any atom is -0.306 e. The lowest BCUT2D eigenvalue weighted by Crippen LogP contribution is -2.33. The van der Waals surface area contributed by atoms with E-state index in [2.05, 4.69) is 9.97 Å². The molecule has 2 aromatic heterocycles. The molecule has 0 aliphatic rings. The van der Waals surface area contributed by atoms with Crippen LogP contribution in [0.2, 0.25) is 5.02 Å². The van der Waals surface area contributed by atoms with Crippen molar-refractivity contribution in [2.45, 2.75) is 13.8 Å². The first-order valence-electron chi connectivity index (χ1n) is 11.9. The number of rotatable bonds is 3. The second-order valence-electron chi connectivity index (χ2n) is 9.13. The fourth-order valence-corrected chi connectivity index (χ4v) is 5.33. The van der Waals surface area contributed by atoms with E-state index in [9.17, 15) is 9.59 Å². The molecule has 0 saturated heterocycles. The minimum atomic E-state index is -0.495. The topological polar surface area (TPSA) is 67.8 Å². The fraction of sp³-hybridized carbons (Fsp3) is 0.0645. The third-order valence-corrected chi connectivity index (χ3v) is 6.92. The summed E-state index contributed by atoms with van der Waals surface area (Å²) in [6.07, 6.45) is 0. The van der Waals surface area contributed by atoms with Crippen LogP contribution in [-0.2, 0) is 0 Å². The Balaban J connectivity index is 1.57. The minimum absolute atomic E-state index is 0.374. The van der Waals surface area contributed by atoms with Crippen LogP contribution >= 0.6 is 11.6 Å². The van der Waals surface area contributed by atoms with E-state index in [1.807, 2.05) is 92.7 Å². The van der Waals surface area contributed by atoms with E-state index in [1.165, 1.54) is 4.57 Å². The molecule has 6 rings (SSSR count). The van der Waals surface area contributed by atoms with Gasteiger partial charge in [-0.05, 0) is 72.3 Å². The van der Waals surface area contributed by atoms with E-state index < -0.39 is 5.69 Å². The number of benzene rings is 4. The fourth-order valence-electron chi connectivity index (χ4n) is 5.04. The van der Waals surface area contributed by atoms with Crippen LogP contribution in [0.5, 0.6) is 0 Å². The number of H-pyrrole nitrogens is 1. The number of nitrogens with zero attached hydrogens (tertiary/aromatic N) is 2. The summed E-state index contributed by atoms with van der Waals surface area (Å²) in [6, 6.07) is 28.5. The summed E-state index contributed by atoms with van der Waals surface area (Å²) >= 11 is 6.71. The number of aromatic amines is 1. The summed E-state index contributed by atoms with van der Waals surface area (Å²) in [4.78, 5) is 34.2. The number of aryl methyl sites for hydroxylation is 2.